The summed E-state index contributed by atoms with van der Waals surface area (Å²) in [7, 11) is 1.68. The smallest absolute Gasteiger partial charge is 0.238 e. The van der Waals surface area contributed by atoms with Crippen molar-refractivity contribution >= 4 is 17.3 Å². The summed E-state index contributed by atoms with van der Waals surface area (Å²) < 4.78 is 11.2. The monoisotopic (exact) mass is 417 g/mol. The highest BCUT2D eigenvalue weighted by Gasteiger charge is 2.19. The maximum absolute atomic E-state index is 12.6. The van der Waals surface area contributed by atoms with E-state index in [2.05, 4.69) is 21.2 Å². The first-order chi connectivity index (χ1) is 15.2. The van der Waals surface area contributed by atoms with Crippen LogP contribution in [0.25, 0.3) is 0 Å². The SMILES string of the molecule is COc1cccc(N2CCN(CC(=O)Nc3cccc(Oc4ccccc4)c3)CC2)c1. The molecule has 1 N–H and O–H groups in total. The van der Waals surface area contributed by atoms with Gasteiger partial charge >= 0.3 is 0 Å². The zero-order chi connectivity index (χ0) is 21.5. The minimum Gasteiger partial charge on any atom is -0.497 e. The van der Waals surface area contributed by atoms with Gasteiger partial charge in [0.05, 0.1) is 13.7 Å². The first kappa shape index (κ1) is 20.8. The molecule has 0 atom stereocenters. The van der Waals surface area contributed by atoms with Crippen molar-refractivity contribution < 1.29 is 14.3 Å². The number of hydrogen-bond acceptors (Lipinski definition) is 5. The summed E-state index contributed by atoms with van der Waals surface area (Å²) in [5.41, 5.74) is 1.88. The molecule has 1 aliphatic rings. The van der Waals surface area contributed by atoms with Gasteiger partial charge in [0.25, 0.3) is 0 Å². The molecule has 6 heteroatoms. The fourth-order valence-electron chi connectivity index (χ4n) is 3.64. The number of piperazine rings is 1. The average Bonchev–Trinajstić information content (AvgIpc) is 2.80. The molecule has 0 aromatic heterocycles. The highest BCUT2D eigenvalue weighted by molar-refractivity contribution is 5.92. The maximum atomic E-state index is 12.6. The van der Waals surface area contributed by atoms with Gasteiger partial charge in [-0.25, -0.2) is 0 Å². The molecule has 0 saturated carbocycles. The second-order valence-corrected chi connectivity index (χ2v) is 7.46. The molecule has 0 spiro atoms. The van der Waals surface area contributed by atoms with Gasteiger partial charge in [0.1, 0.15) is 17.2 Å². The van der Waals surface area contributed by atoms with Crippen LogP contribution < -0.4 is 19.7 Å². The van der Waals surface area contributed by atoms with Crippen LogP contribution in [0.1, 0.15) is 0 Å². The van der Waals surface area contributed by atoms with Gasteiger partial charge < -0.3 is 19.7 Å². The van der Waals surface area contributed by atoms with Crippen LogP contribution >= 0.6 is 0 Å². The Morgan fingerprint density at radius 2 is 1.55 bits per heavy atom. The van der Waals surface area contributed by atoms with Crippen molar-refractivity contribution in [2.45, 2.75) is 0 Å². The number of methoxy groups -OCH3 is 1. The van der Waals surface area contributed by atoms with Gasteiger partial charge in [0.2, 0.25) is 5.91 Å². The number of ether oxygens (including phenoxy) is 2. The molecule has 0 unspecified atom stereocenters. The lowest BCUT2D eigenvalue weighted by Crippen LogP contribution is -2.48. The van der Waals surface area contributed by atoms with Crippen LogP contribution in [0.4, 0.5) is 11.4 Å². The number of nitrogens with zero attached hydrogens (tertiary/aromatic N) is 2. The largest absolute Gasteiger partial charge is 0.497 e. The van der Waals surface area contributed by atoms with Crippen molar-refractivity contribution in [3.05, 3.63) is 78.9 Å². The van der Waals surface area contributed by atoms with Crippen molar-refractivity contribution in [1.29, 1.82) is 0 Å². The predicted molar refractivity (Wildman–Crippen MR) is 123 cm³/mol. The van der Waals surface area contributed by atoms with E-state index in [0.717, 1.165) is 49.1 Å². The molecule has 31 heavy (non-hydrogen) atoms. The summed E-state index contributed by atoms with van der Waals surface area (Å²) >= 11 is 0. The predicted octanol–water partition coefficient (Wildman–Crippen LogP) is 4.25. The number of benzene rings is 3. The molecule has 1 heterocycles. The molecule has 3 aromatic rings. The van der Waals surface area contributed by atoms with Gasteiger partial charge in [0, 0.05) is 49.7 Å². The molecule has 1 fully saturated rings. The number of hydrogen-bond donors (Lipinski definition) is 1. The fourth-order valence-corrected chi connectivity index (χ4v) is 3.64. The topological polar surface area (TPSA) is 54.0 Å². The van der Waals surface area contributed by atoms with E-state index in [1.165, 1.54) is 0 Å². The minimum absolute atomic E-state index is 0.0216. The number of para-hydroxylation sites is 1. The highest BCUT2D eigenvalue weighted by atomic mass is 16.5. The number of carbonyl (C=O) groups excluding carboxylic acids is 1. The zero-order valence-corrected chi connectivity index (χ0v) is 17.7. The van der Waals surface area contributed by atoms with Crippen molar-refractivity contribution in [2.24, 2.45) is 0 Å². The molecule has 1 aliphatic heterocycles. The lowest BCUT2D eigenvalue weighted by Gasteiger charge is -2.35. The van der Waals surface area contributed by atoms with Crippen molar-refractivity contribution in [1.82, 2.24) is 4.90 Å². The standard InChI is InChI=1S/C25H27N3O3/c1-30-23-11-6-8-21(18-23)28-15-13-27(14-16-28)19-25(29)26-20-7-5-12-24(17-20)31-22-9-3-2-4-10-22/h2-12,17-18H,13-16,19H2,1H3,(H,26,29). The second-order valence-electron chi connectivity index (χ2n) is 7.46. The quantitative estimate of drug-likeness (QED) is 0.623. The van der Waals surface area contributed by atoms with Gasteiger partial charge in [0.15, 0.2) is 0 Å². The Bertz CT molecular complexity index is 1000. The van der Waals surface area contributed by atoms with Gasteiger partial charge in [-0.3, -0.25) is 9.69 Å². The number of rotatable bonds is 7. The average molecular weight is 418 g/mol. The number of carbonyl (C=O) groups is 1. The minimum atomic E-state index is -0.0216. The van der Waals surface area contributed by atoms with Gasteiger partial charge in [-0.05, 0) is 36.4 Å². The third-order valence-corrected chi connectivity index (χ3v) is 5.25. The van der Waals surface area contributed by atoms with Gasteiger partial charge in [-0.2, -0.15) is 0 Å². The third kappa shape index (κ3) is 5.77. The second kappa shape index (κ2) is 10.00. The molecule has 3 aromatic carbocycles. The lowest BCUT2D eigenvalue weighted by atomic mass is 10.2. The van der Waals surface area contributed by atoms with E-state index in [4.69, 9.17) is 9.47 Å². The summed E-state index contributed by atoms with van der Waals surface area (Å²) in [4.78, 5) is 17.1. The highest BCUT2D eigenvalue weighted by Crippen LogP contribution is 2.24. The van der Waals surface area contributed by atoms with E-state index < -0.39 is 0 Å². The Hall–Kier alpha value is -3.51. The van der Waals surface area contributed by atoms with E-state index in [0.29, 0.717) is 12.3 Å². The van der Waals surface area contributed by atoms with E-state index >= 15 is 0 Å². The van der Waals surface area contributed by atoms with E-state index in [-0.39, 0.29) is 5.91 Å². The van der Waals surface area contributed by atoms with Crippen LogP contribution in [0.2, 0.25) is 0 Å². The molecule has 4 rings (SSSR count). The molecule has 1 amide bonds. The van der Waals surface area contributed by atoms with E-state index in [1.807, 2.05) is 72.8 Å². The van der Waals surface area contributed by atoms with Crippen molar-refractivity contribution in [3.8, 4) is 17.2 Å². The van der Waals surface area contributed by atoms with Crippen molar-refractivity contribution in [3.63, 3.8) is 0 Å². The van der Waals surface area contributed by atoms with Gasteiger partial charge in [-0.1, -0.05) is 30.3 Å². The molecule has 0 radical (unpaired) electrons. The molecule has 1 saturated heterocycles. The van der Waals surface area contributed by atoms with Crippen LogP contribution in [0, 0.1) is 0 Å². The molecule has 160 valence electrons. The molecule has 0 aliphatic carbocycles. The molecule has 6 nitrogen and oxygen atoms in total. The maximum Gasteiger partial charge on any atom is 0.238 e. The van der Waals surface area contributed by atoms with Crippen LogP contribution in [0.15, 0.2) is 78.9 Å². The summed E-state index contributed by atoms with van der Waals surface area (Å²) in [6.45, 7) is 3.79. The zero-order valence-electron chi connectivity index (χ0n) is 17.7. The van der Waals surface area contributed by atoms with Crippen molar-refractivity contribution in [2.75, 3.05) is 50.1 Å². The molecular formula is C25H27N3O3. The summed E-state index contributed by atoms with van der Waals surface area (Å²) in [6.07, 6.45) is 0. The Kier molecular flexibility index (Phi) is 6.69. The van der Waals surface area contributed by atoms with Crippen LogP contribution in [0.3, 0.4) is 0 Å². The summed E-state index contributed by atoms with van der Waals surface area (Å²) in [6, 6.07) is 25.1. The fraction of sp³-hybridized carbons (Fsp3) is 0.240. The Morgan fingerprint density at radius 1 is 0.839 bits per heavy atom. The molecular weight excluding hydrogens is 390 g/mol. The Labute approximate surface area is 183 Å². The van der Waals surface area contributed by atoms with E-state index in [9.17, 15) is 4.79 Å². The lowest BCUT2D eigenvalue weighted by molar-refractivity contribution is -0.117. The van der Waals surface area contributed by atoms with Gasteiger partial charge in [-0.15, -0.1) is 0 Å². The van der Waals surface area contributed by atoms with E-state index in [1.54, 1.807) is 7.11 Å². The summed E-state index contributed by atoms with van der Waals surface area (Å²) in [5, 5.41) is 2.98. The number of nitrogens with one attached hydrogen (secondary N) is 1. The Balaban J connectivity index is 1.27. The third-order valence-electron chi connectivity index (χ3n) is 5.25. The normalized spacial score (nSPS) is 14.2. The molecule has 0 bridgehead atoms. The number of anilines is 2. The first-order valence-corrected chi connectivity index (χ1v) is 10.4. The first-order valence-electron chi connectivity index (χ1n) is 10.4. The van der Waals surface area contributed by atoms with Crippen LogP contribution in [-0.2, 0) is 4.79 Å². The number of amides is 1. The summed E-state index contributed by atoms with van der Waals surface area (Å²) in [5.74, 6) is 2.29. The Morgan fingerprint density at radius 3 is 2.32 bits per heavy atom. The van der Waals surface area contributed by atoms with Crippen LogP contribution in [0.5, 0.6) is 17.2 Å². The van der Waals surface area contributed by atoms with Crippen LogP contribution in [-0.4, -0.2) is 50.6 Å².